The molecule has 0 fully saturated rings. The largest absolute Gasteiger partial charge is 0.481 e. The van der Waals surface area contributed by atoms with Crippen molar-refractivity contribution in [2.75, 3.05) is 19.6 Å². The number of urea groups is 1. The second-order valence-corrected chi connectivity index (χ2v) is 4.45. The summed E-state index contributed by atoms with van der Waals surface area (Å²) in [6.07, 6.45) is -0.127. The lowest BCUT2D eigenvalue weighted by atomic mass is 10.1. The number of amides is 3. The maximum atomic E-state index is 11.7. The Morgan fingerprint density at radius 1 is 0.952 bits per heavy atom. The lowest BCUT2D eigenvalue weighted by Crippen LogP contribution is -2.40. The van der Waals surface area contributed by atoms with E-state index >= 15 is 0 Å². The van der Waals surface area contributed by atoms with E-state index < -0.39 is 12.0 Å². The first-order valence-corrected chi connectivity index (χ1v) is 6.57. The molecule has 0 radical (unpaired) electrons. The van der Waals surface area contributed by atoms with Crippen LogP contribution in [0, 0.1) is 6.92 Å². The molecule has 21 heavy (non-hydrogen) atoms. The van der Waals surface area contributed by atoms with Crippen molar-refractivity contribution in [3.05, 3.63) is 35.4 Å². The van der Waals surface area contributed by atoms with E-state index in [1.54, 1.807) is 12.1 Å². The Kier molecular flexibility index (Phi) is 6.73. The van der Waals surface area contributed by atoms with Gasteiger partial charge in [-0.3, -0.25) is 9.59 Å². The van der Waals surface area contributed by atoms with Gasteiger partial charge in [0.25, 0.3) is 5.91 Å². The van der Waals surface area contributed by atoms with Gasteiger partial charge in [-0.15, -0.1) is 0 Å². The highest BCUT2D eigenvalue weighted by Crippen LogP contribution is 2.02. The third kappa shape index (κ3) is 6.95. The van der Waals surface area contributed by atoms with Crippen molar-refractivity contribution in [3.63, 3.8) is 0 Å². The minimum absolute atomic E-state index is 0.0664. The number of carboxylic acid groups (broad SMARTS) is 1. The van der Waals surface area contributed by atoms with E-state index in [0.717, 1.165) is 5.56 Å². The van der Waals surface area contributed by atoms with Crippen LogP contribution in [-0.4, -0.2) is 42.6 Å². The van der Waals surface area contributed by atoms with Gasteiger partial charge in [-0.25, -0.2) is 4.79 Å². The summed E-state index contributed by atoms with van der Waals surface area (Å²) >= 11 is 0. The van der Waals surface area contributed by atoms with Crippen LogP contribution in [0.25, 0.3) is 0 Å². The van der Waals surface area contributed by atoms with Crippen LogP contribution < -0.4 is 16.0 Å². The highest BCUT2D eigenvalue weighted by Gasteiger charge is 2.05. The standard InChI is InChI=1S/C14H19N3O4/c1-10-2-4-11(5-3-10)13(20)15-8-9-17-14(21)16-7-6-12(18)19/h2-5H,6-9H2,1H3,(H,15,20)(H,18,19)(H2,16,17,21). The first-order valence-electron chi connectivity index (χ1n) is 6.57. The van der Waals surface area contributed by atoms with Crippen LogP contribution in [0.4, 0.5) is 4.79 Å². The maximum Gasteiger partial charge on any atom is 0.314 e. The summed E-state index contributed by atoms with van der Waals surface area (Å²) in [4.78, 5) is 33.2. The van der Waals surface area contributed by atoms with Crippen LogP contribution in [0.3, 0.4) is 0 Å². The van der Waals surface area contributed by atoms with Gasteiger partial charge in [-0.1, -0.05) is 17.7 Å². The molecule has 0 aliphatic carbocycles. The second kappa shape index (κ2) is 8.57. The van der Waals surface area contributed by atoms with Gasteiger partial charge in [0.2, 0.25) is 0 Å². The molecule has 0 heterocycles. The summed E-state index contributed by atoms with van der Waals surface area (Å²) in [5.74, 6) is -1.18. The summed E-state index contributed by atoms with van der Waals surface area (Å²) < 4.78 is 0. The van der Waals surface area contributed by atoms with Crippen molar-refractivity contribution in [1.82, 2.24) is 16.0 Å². The van der Waals surface area contributed by atoms with E-state index in [1.807, 2.05) is 19.1 Å². The van der Waals surface area contributed by atoms with E-state index in [4.69, 9.17) is 5.11 Å². The molecule has 1 aromatic carbocycles. The predicted molar refractivity (Wildman–Crippen MR) is 77.2 cm³/mol. The van der Waals surface area contributed by atoms with Gasteiger partial charge in [-0.2, -0.15) is 0 Å². The van der Waals surface area contributed by atoms with Crippen LogP contribution >= 0.6 is 0 Å². The fraction of sp³-hybridized carbons (Fsp3) is 0.357. The molecular weight excluding hydrogens is 274 g/mol. The molecule has 7 nitrogen and oxygen atoms in total. The monoisotopic (exact) mass is 293 g/mol. The van der Waals surface area contributed by atoms with Crippen LogP contribution in [0.1, 0.15) is 22.3 Å². The topological polar surface area (TPSA) is 108 Å². The molecule has 1 aromatic rings. The number of hydrogen-bond acceptors (Lipinski definition) is 3. The molecule has 0 bridgehead atoms. The Morgan fingerprint density at radius 2 is 1.52 bits per heavy atom. The highest BCUT2D eigenvalue weighted by atomic mass is 16.4. The zero-order valence-corrected chi connectivity index (χ0v) is 11.8. The molecule has 4 N–H and O–H groups in total. The predicted octanol–water partition coefficient (Wildman–Crippen LogP) is 0.499. The zero-order chi connectivity index (χ0) is 15.7. The number of aliphatic carboxylic acids is 1. The molecule has 0 saturated carbocycles. The minimum atomic E-state index is -0.972. The number of carboxylic acids is 1. The Bertz CT molecular complexity index is 499. The quantitative estimate of drug-likeness (QED) is 0.549. The molecule has 0 atom stereocenters. The number of rotatable bonds is 7. The van der Waals surface area contributed by atoms with Crippen molar-refractivity contribution >= 4 is 17.9 Å². The summed E-state index contributed by atoms with van der Waals surface area (Å²) in [6, 6.07) is 6.71. The van der Waals surface area contributed by atoms with Crippen LogP contribution in [-0.2, 0) is 4.79 Å². The van der Waals surface area contributed by atoms with E-state index in [9.17, 15) is 14.4 Å². The maximum absolute atomic E-state index is 11.7. The van der Waals surface area contributed by atoms with Gasteiger partial charge in [0.05, 0.1) is 6.42 Å². The molecule has 0 spiro atoms. The van der Waals surface area contributed by atoms with Crippen molar-refractivity contribution in [2.45, 2.75) is 13.3 Å². The number of carbonyl (C=O) groups excluding carboxylic acids is 2. The normalized spacial score (nSPS) is 9.76. The Labute approximate surface area is 122 Å². The van der Waals surface area contributed by atoms with Crippen molar-refractivity contribution in [3.8, 4) is 0 Å². The number of nitrogens with one attached hydrogen (secondary N) is 3. The number of aryl methyl sites for hydroxylation is 1. The van der Waals surface area contributed by atoms with E-state index in [1.165, 1.54) is 0 Å². The lowest BCUT2D eigenvalue weighted by molar-refractivity contribution is -0.136. The van der Waals surface area contributed by atoms with E-state index in [0.29, 0.717) is 12.1 Å². The summed E-state index contributed by atoms with van der Waals surface area (Å²) in [5.41, 5.74) is 1.64. The smallest absolute Gasteiger partial charge is 0.314 e. The van der Waals surface area contributed by atoms with Gasteiger partial charge in [0, 0.05) is 25.2 Å². The summed E-state index contributed by atoms with van der Waals surface area (Å²) in [7, 11) is 0. The fourth-order valence-electron chi connectivity index (χ4n) is 1.50. The van der Waals surface area contributed by atoms with Crippen LogP contribution in [0.15, 0.2) is 24.3 Å². The molecule has 0 aromatic heterocycles. The molecule has 0 aliphatic rings. The van der Waals surface area contributed by atoms with Gasteiger partial charge in [-0.05, 0) is 19.1 Å². The summed E-state index contributed by atoms with van der Waals surface area (Å²) in [5, 5.41) is 16.0. The van der Waals surface area contributed by atoms with Crippen molar-refractivity contribution in [1.29, 1.82) is 0 Å². The average Bonchev–Trinajstić information content (AvgIpc) is 2.43. The number of carbonyl (C=O) groups is 3. The van der Waals surface area contributed by atoms with Gasteiger partial charge >= 0.3 is 12.0 Å². The molecule has 3 amide bonds. The van der Waals surface area contributed by atoms with Gasteiger partial charge in [0.15, 0.2) is 0 Å². The Balaban J connectivity index is 2.16. The third-order valence-electron chi connectivity index (χ3n) is 2.63. The van der Waals surface area contributed by atoms with E-state index in [-0.39, 0.29) is 25.4 Å². The van der Waals surface area contributed by atoms with Crippen LogP contribution in [0.2, 0.25) is 0 Å². The second-order valence-electron chi connectivity index (χ2n) is 4.45. The SMILES string of the molecule is Cc1ccc(C(=O)NCCNC(=O)NCCC(=O)O)cc1. The van der Waals surface area contributed by atoms with Gasteiger partial charge < -0.3 is 21.1 Å². The lowest BCUT2D eigenvalue weighted by Gasteiger charge is -2.08. The molecular formula is C14H19N3O4. The Hall–Kier alpha value is -2.57. The summed E-state index contributed by atoms with van der Waals surface area (Å²) in [6.45, 7) is 2.56. The van der Waals surface area contributed by atoms with Crippen molar-refractivity contribution in [2.24, 2.45) is 0 Å². The zero-order valence-electron chi connectivity index (χ0n) is 11.8. The molecule has 1 rings (SSSR count). The van der Waals surface area contributed by atoms with E-state index in [2.05, 4.69) is 16.0 Å². The number of hydrogen-bond donors (Lipinski definition) is 4. The molecule has 7 heteroatoms. The van der Waals surface area contributed by atoms with Crippen LogP contribution in [0.5, 0.6) is 0 Å². The fourth-order valence-corrected chi connectivity index (χ4v) is 1.50. The molecule has 0 unspecified atom stereocenters. The minimum Gasteiger partial charge on any atom is -0.481 e. The first-order chi connectivity index (χ1) is 9.99. The van der Waals surface area contributed by atoms with Crippen molar-refractivity contribution < 1.29 is 19.5 Å². The molecule has 0 saturated heterocycles. The Morgan fingerprint density at radius 3 is 2.14 bits per heavy atom. The number of benzene rings is 1. The molecule has 114 valence electrons. The molecule has 0 aliphatic heterocycles. The first kappa shape index (κ1) is 16.5. The third-order valence-corrected chi connectivity index (χ3v) is 2.63. The van der Waals surface area contributed by atoms with Gasteiger partial charge in [0.1, 0.15) is 0 Å². The highest BCUT2D eigenvalue weighted by molar-refractivity contribution is 5.94. The average molecular weight is 293 g/mol.